The highest BCUT2D eigenvalue weighted by Gasteiger charge is 1.99. The van der Waals surface area contributed by atoms with Gasteiger partial charge >= 0.3 is 0 Å². The summed E-state index contributed by atoms with van der Waals surface area (Å²) in [4.78, 5) is 0. The molecule has 1 N–H and O–H groups in total. The van der Waals surface area contributed by atoms with Crippen molar-refractivity contribution >= 4 is 5.69 Å². The average Bonchev–Trinajstić information content (AvgIpc) is 2.98. The number of rotatable bonds is 9. The Hall–Kier alpha value is -2.01. The molecule has 0 unspecified atom stereocenters. The number of ether oxygens (including phenoxy) is 2. The van der Waals surface area contributed by atoms with Crippen molar-refractivity contribution in [1.82, 2.24) is 9.78 Å². The van der Waals surface area contributed by atoms with E-state index < -0.39 is 0 Å². The molecule has 0 fully saturated rings. The Kier molecular flexibility index (Phi) is 6.09. The van der Waals surface area contributed by atoms with Crippen LogP contribution in [0.5, 0.6) is 5.75 Å². The number of nitrogens with one attached hydrogen (secondary N) is 1. The van der Waals surface area contributed by atoms with E-state index in [4.69, 9.17) is 9.47 Å². The van der Waals surface area contributed by atoms with Gasteiger partial charge in [-0.25, -0.2) is 0 Å². The van der Waals surface area contributed by atoms with Crippen LogP contribution in [-0.2, 0) is 17.8 Å². The van der Waals surface area contributed by atoms with Crippen molar-refractivity contribution in [3.63, 3.8) is 0 Å². The van der Waals surface area contributed by atoms with Crippen molar-refractivity contribution in [3.8, 4) is 5.75 Å². The summed E-state index contributed by atoms with van der Waals surface area (Å²) in [5.41, 5.74) is 2.22. The van der Waals surface area contributed by atoms with Gasteiger partial charge in [-0.05, 0) is 24.1 Å². The molecule has 114 valence electrons. The summed E-state index contributed by atoms with van der Waals surface area (Å²) in [6.45, 7) is 5.06. The maximum absolute atomic E-state index is 5.57. The van der Waals surface area contributed by atoms with Crippen LogP contribution in [0.3, 0.4) is 0 Å². The summed E-state index contributed by atoms with van der Waals surface area (Å²) >= 11 is 0. The van der Waals surface area contributed by atoms with E-state index in [1.54, 1.807) is 7.11 Å². The molecule has 0 saturated heterocycles. The largest absolute Gasteiger partial charge is 0.494 e. The summed E-state index contributed by atoms with van der Waals surface area (Å²) in [6.07, 6.45) is 4.84. The number of nitrogens with zero attached hydrogens (tertiary/aromatic N) is 2. The normalized spacial score (nSPS) is 10.6. The minimum absolute atomic E-state index is 0.667. The van der Waals surface area contributed by atoms with E-state index in [0.29, 0.717) is 6.61 Å². The van der Waals surface area contributed by atoms with Crippen molar-refractivity contribution in [2.24, 2.45) is 0 Å². The monoisotopic (exact) mass is 289 g/mol. The highest BCUT2D eigenvalue weighted by Crippen LogP contribution is 2.14. The molecule has 0 aliphatic heterocycles. The van der Waals surface area contributed by atoms with Crippen LogP contribution in [-0.4, -0.2) is 30.1 Å². The SMILES string of the molecule is CCCOc1ccc(CNc2cnn(CCOC)c2)cc1. The first-order valence-corrected chi connectivity index (χ1v) is 7.29. The molecular weight excluding hydrogens is 266 g/mol. The fourth-order valence-electron chi connectivity index (χ4n) is 1.89. The zero-order valence-corrected chi connectivity index (χ0v) is 12.7. The number of aromatic nitrogens is 2. The minimum Gasteiger partial charge on any atom is -0.494 e. The van der Waals surface area contributed by atoms with Gasteiger partial charge in [0, 0.05) is 19.9 Å². The van der Waals surface area contributed by atoms with Crippen molar-refractivity contribution in [1.29, 1.82) is 0 Å². The van der Waals surface area contributed by atoms with Gasteiger partial charge in [0.05, 0.1) is 31.6 Å². The second kappa shape index (κ2) is 8.32. The van der Waals surface area contributed by atoms with Crippen LogP contribution in [0.1, 0.15) is 18.9 Å². The number of benzene rings is 1. The summed E-state index contributed by atoms with van der Waals surface area (Å²) in [5, 5.41) is 7.62. The lowest BCUT2D eigenvalue weighted by Gasteiger charge is -2.07. The topological polar surface area (TPSA) is 48.3 Å². The van der Waals surface area contributed by atoms with Crippen molar-refractivity contribution in [3.05, 3.63) is 42.2 Å². The summed E-state index contributed by atoms with van der Waals surface area (Å²) in [6, 6.07) is 8.17. The number of methoxy groups -OCH3 is 1. The molecule has 1 aromatic carbocycles. The molecule has 2 aromatic rings. The Balaban J connectivity index is 1.80. The van der Waals surface area contributed by atoms with Gasteiger partial charge in [0.15, 0.2) is 0 Å². The second-order valence-electron chi connectivity index (χ2n) is 4.83. The van der Waals surface area contributed by atoms with Gasteiger partial charge in [-0.15, -0.1) is 0 Å². The third-order valence-corrected chi connectivity index (χ3v) is 3.05. The average molecular weight is 289 g/mol. The molecule has 0 amide bonds. The molecule has 21 heavy (non-hydrogen) atoms. The molecule has 2 rings (SSSR count). The summed E-state index contributed by atoms with van der Waals surface area (Å²) < 4.78 is 12.5. The van der Waals surface area contributed by atoms with E-state index in [1.807, 2.05) is 29.2 Å². The predicted molar refractivity (Wildman–Crippen MR) is 83.7 cm³/mol. The van der Waals surface area contributed by atoms with Crippen molar-refractivity contribution < 1.29 is 9.47 Å². The van der Waals surface area contributed by atoms with Crippen molar-refractivity contribution in [2.75, 3.05) is 25.6 Å². The fourth-order valence-corrected chi connectivity index (χ4v) is 1.89. The van der Waals surface area contributed by atoms with Crippen LogP contribution in [0.2, 0.25) is 0 Å². The van der Waals surface area contributed by atoms with Crippen LogP contribution < -0.4 is 10.1 Å². The van der Waals surface area contributed by atoms with Crippen LogP contribution in [0.4, 0.5) is 5.69 Å². The molecule has 0 bridgehead atoms. The Morgan fingerprint density at radius 2 is 2.00 bits per heavy atom. The van der Waals surface area contributed by atoms with Gasteiger partial charge in [-0.3, -0.25) is 4.68 Å². The van der Waals surface area contributed by atoms with Crippen molar-refractivity contribution in [2.45, 2.75) is 26.4 Å². The summed E-state index contributed by atoms with van der Waals surface area (Å²) in [7, 11) is 1.69. The molecule has 0 aliphatic rings. The minimum atomic E-state index is 0.667. The lowest BCUT2D eigenvalue weighted by atomic mass is 10.2. The standard InChI is InChI=1S/C16H23N3O2/c1-3-9-21-16-6-4-14(5-7-16)11-17-15-12-18-19(13-15)8-10-20-2/h4-7,12-13,17H,3,8-11H2,1-2H3. The second-order valence-corrected chi connectivity index (χ2v) is 4.83. The zero-order valence-electron chi connectivity index (χ0n) is 12.7. The highest BCUT2D eigenvalue weighted by molar-refractivity contribution is 5.39. The molecular formula is C16H23N3O2. The zero-order chi connectivity index (χ0) is 14.9. The molecule has 0 atom stereocenters. The maximum atomic E-state index is 5.57. The van der Waals surface area contributed by atoms with E-state index in [9.17, 15) is 0 Å². The lowest BCUT2D eigenvalue weighted by molar-refractivity contribution is 0.183. The molecule has 0 saturated carbocycles. The number of hydrogen-bond acceptors (Lipinski definition) is 4. The fraction of sp³-hybridized carbons (Fsp3) is 0.438. The van der Waals surface area contributed by atoms with Gasteiger partial charge < -0.3 is 14.8 Å². The molecule has 1 aromatic heterocycles. The molecule has 1 heterocycles. The molecule has 5 nitrogen and oxygen atoms in total. The van der Waals surface area contributed by atoms with Crippen LogP contribution in [0, 0.1) is 0 Å². The molecule has 0 radical (unpaired) electrons. The van der Waals surface area contributed by atoms with Crippen LogP contribution >= 0.6 is 0 Å². The lowest BCUT2D eigenvalue weighted by Crippen LogP contribution is -2.04. The van der Waals surface area contributed by atoms with E-state index in [2.05, 4.69) is 29.5 Å². The van der Waals surface area contributed by atoms with E-state index in [1.165, 1.54) is 5.56 Å². The van der Waals surface area contributed by atoms with Gasteiger partial charge in [-0.1, -0.05) is 19.1 Å². The molecule has 0 aliphatic carbocycles. The maximum Gasteiger partial charge on any atom is 0.119 e. The molecule has 5 heteroatoms. The first-order chi connectivity index (χ1) is 10.3. The van der Waals surface area contributed by atoms with Gasteiger partial charge in [0.1, 0.15) is 5.75 Å². The van der Waals surface area contributed by atoms with E-state index >= 15 is 0 Å². The van der Waals surface area contributed by atoms with Gasteiger partial charge in [0.25, 0.3) is 0 Å². The number of hydrogen-bond donors (Lipinski definition) is 1. The predicted octanol–water partition coefficient (Wildman–Crippen LogP) is 2.93. The Morgan fingerprint density at radius 1 is 1.19 bits per heavy atom. The van der Waals surface area contributed by atoms with Gasteiger partial charge in [-0.2, -0.15) is 5.10 Å². The third-order valence-electron chi connectivity index (χ3n) is 3.05. The third kappa shape index (κ3) is 5.11. The Morgan fingerprint density at radius 3 is 2.71 bits per heavy atom. The Labute approximate surface area is 125 Å². The van der Waals surface area contributed by atoms with Gasteiger partial charge in [0.2, 0.25) is 0 Å². The smallest absolute Gasteiger partial charge is 0.119 e. The van der Waals surface area contributed by atoms with E-state index in [0.717, 1.165) is 37.6 Å². The van der Waals surface area contributed by atoms with Crippen LogP contribution in [0.15, 0.2) is 36.7 Å². The van der Waals surface area contributed by atoms with E-state index in [-0.39, 0.29) is 0 Å². The quantitative estimate of drug-likeness (QED) is 0.771. The Bertz CT molecular complexity index is 523. The number of anilines is 1. The van der Waals surface area contributed by atoms with Crippen LogP contribution in [0.25, 0.3) is 0 Å². The highest BCUT2D eigenvalue weighted by atomic mass is 16.5. The first kappa shape index (κ1) is 15.4. The summed E-state index contributed by atoms with van der Waals surface area (Å²) in [5.74, 6) is 0.924. The molecule has 0 spiro atoms. The first-order valence-electron chi connectivity index (χ1n) is 7.29.